The molecule has 0 aliphatic rings. The van der Waals surface area contributed by atoms with E-state index in [0.717, 1.165) is 17.4 Å². The molecule has 1 amide bonds. The fourth-order valence-electron chi connectivity index (χ4n) is 1.47. The molecule has 5 nitrogen and oxygen atoms in total. The topological polar surface area (TPSA) is 66.8 Å². The summed E-state index contributed by atoms with van der Waals surface area (Å²) in [7, 11) is 3.37. The van der Waals surface area contributed by atoms with Crippen molar-refractivity contribution >= 4 is 29.3 Å². The summed E-state index contributed by atoms with van der Waals surface area (Å²) >= 11 is 1.34. The number of amides is 1. The van der Waals surface area contributed by atoms with Gasteiger partial charge < -0.3 is 14.7 Å². The number of methoxy groups -OCH3 is 1. The van der Waals surface area contributed by atoms with E-state index >= 15 is 0 Å². The molecule has 0 atom stereocenters. The van der Waals surface area contributed by atoms with Gasteiger partial charge in [-0.25, -0.2) is 4.79 Å². The van der Waals surface area contributed by atoms with Crippen LogP contribution < -0.4 is 0 Å². The summed E-state index contributed by atoms with van der Waals surface area (Å²) in [6, 6.07) is 1.69. The minimum atomic E-state index is -1.00. The highest BCUT2D eigenvalue weighted by Crippen LogP contribution is 2.17. The maximum absolute atomic E-state index is 12.0. The van der Waals surface area contributed by atoms with Gasteiger partial charge in [0.15, 0.2) is 0 Å². The lowest BCUT2D eigenvalue weighted by molar-refractivity contribution is -0.131. The third kappa shape index (κ3) is 5.23. The molecule has 0 bridgehead atoms. The Morgan fingerprint density at radius 1 is 1.53 bits per heavy atom. The van der Waals surface area contributed by atoms with Crippen LogP contribution in [0.25, 0.3) is 6.08 Å². The number of rotatable bonds is 7. The molecule has 6 heteroatoms. The van der Waals surface area contributed by atoms with Gasteiger partial charge in [0.25, 0.3) is 5.91 Å². The Bertz CT molecular complexity index is 467. The van der Waals surface area contributed by atoms with Gasteiger partial charge in [-0.2, -0.15) is 0 Å². The number of carbonyl (C=O) groups is 2. The molecule has 0 aliphatic heterocycles. The van der Waals surface area contributed by atoms with Gasteiger partial charge in [0.2, 0.25) is 0 Å². The van der Waals surface area contributed by atoms with E-state index in [9.17, 15) is 9.59 Å². The van der Waals surface area contributed by atoms with Crippen molar-refractivity contribution in [2.24, 2.45) is 0 Å². The molecule has 0 aliphatic carbocycles. The first-order valence-corrected chi connectivity index (χ1v) is 6.66. The molecule has 0 radical (unpaired) electrons. The zero-order chi connectivity index (χ0) is 14.3. The molecular formula is C13H17NO4S. The molecule has 104 valence electrons. The van der Waals surface area contributed by atoms with Crippen LogP contribution in [0.3, 0.4) is 0 Å². The van der Waals surface area contributed by atoms with Crippen molar-refractivity contribution < 1.29 is 19.4 Å². The second kappa shape index (κ2) is 7.70. The van der Waals surface area contributed by atoms with Gasteiger partial charge in [0.1, 0.15) is 0 Å². The average molecular weight is 283 g/mol. The zero-order valence-electron chi connectivity index (χ0n) is 11.0. The maximum Gasteiger partial charge on any atom is 0.328 e. The van der Waals surface area contributed by atoms with E-state index in [0.29, 0.717) is 18.7 Å². The number of nitrogens with zero attached hydrogens (tertiary/aromatic N) is 1. The highest BCUT2D eigenvalue weighted by atomic mass is 32.1. The van der Waals surface area contributed by atoms with Crippen molar-refractivity contribution in [3.05, 3.63) is 28.0 Å². The first-order valence-electron chi connectivity index (χ1n) is 5.78. The molecule has 0 saturated heterocycles. The Kier molecular flexibility index (Phi) is 6.24. The number of carboxylic acids is 1. The predicted molar refractivity (Wildman–Crippen MR) is 74.4 cm³/mol. The highest BCUT2D eigenvalue weighted by molar-refractivity contribution is 7.11. The molecule has 19 heavy (non-hydrogen) atoms. The van der Waals surface area contributed by atoms with Gasteiger partial charge in [-0.1, -0.05) is 0 Å². The van der Waals surface area contributed by atoms with E-state index in [1.54, 1.807) is 30.5 Å². The summed E-state index contributed by atoms with van der Waals surface area (Å²) in [4.78, 5) is 24.8. The fourth-order valence-corrected chi connectivity index (χ4v) is 2.25. The minimum Gasteiger partial charge on any atom is -0.478 e. The van der Waals surface area contributed by atoms with Gasteiger partial charge >= 0.3 is 5.97 Å². The van der Waals surface area contributed by atoms with Gasteiger partial charge in [-0.15, -0.1) is 11.3 Å². The Hall–Kier alpha value is -1.66. The Morgan fingerprint density at radius 3 is 2.89 bits per heavy atom. The van der Waals surface area contributed by atoms with Crippen LogP contribution in [0, 0.1) is 0 Å². The van der Waals surface area contributed by atoms with Crippen molar-refractivity contribution in [2.45, 2.75) is 6.42 Å². The lowest BCUT2D eigenvalue weighted by Crippen LogP contribution is -2.27. The van der Waals surface area contributed by atoms with Crippen molar-refractivity contribution in [2.75, 3.05) is 27.3 Å². The van der Waals surface area contributed by atoms with Crippen molar-refractivity contribution in [1.29, 1.82) is 0 Å². The number of ether oxygens (including phenoxy) is 1. The van der Waals surface area contributed by atoms with Gasteiger partial charge in [-0.05, 0) is 18.6 Å². The molecule has 1 aromatic rings. The molecule has 0 unspecified atom stereocenters. The number of carbonyl (C=O) groups excluding carboxylic acids is 1. The van der Waals surface area contributed by atoms with Crippen LogP contribution in [0.2, 0.25) is 0 Å². The first kappa shape index (κ1) is 15.4. The van der Waals surface area contributed by atoms with Crippen LogP contribution in [0.1, 0.15) is 21.7 Å². The Labute approximate surface area is 116 Å². The van der Waals surface area contributed by atoms with Gasteiger partial charge in [0, 0.05) is 43.6 Å². The van der Waals surface area contributed by atoms with Gasteiger partial charge in [0.05, 0.1) is 5.56 Å². The third-order valence-corrected chi connectivity index (χ3v) is 3.34. The molecule has 1 aromatic heterocycles. The number of hydrogen-bond acceptors (Lipinski definition) is 4. The molecule has 1 N–H and O–H groups in total. The summed E-state index contributed by atoms with van der Waals surface area (Å²) in [5.41, 5.74) is 0.579. The molecule has 0 fully saturated rings. The first-order chi connectivity index (χ1) is 9.04. The third-order valence-electron chi connectivity index (χ3n) is 2.45. The summed E-state index contributed by atoms with van der Waals surface area (Å²) in [5.74, 6) is -1.07. The standard InChI is InChI=1S/C13H17NO4S/c1-14(6-3-7-18-2)13(17)10-8-11(19-9-10)4-5-12(15)16/h4-5,8-9H,3,6-7H2,1-2H3,(H,15,16). The van der Waals surface area contributed by atoms with E-state index < -0.39 is 5.97 Å². The Balaban J connectivity index is 2.60. The number of carboxylic acid groups (broad SMARTS) is 1. The smallest absolute Gasteiger partial charge is 0.328 e. The lowest BCUT2D eigenvalue weighted by Gasteiger charge is -2.15. The SMILES string of the molecule is COCCCN(C)C(=O)c1csc(C=CC(=O)O)c1. The summed E-state index contributed by atoms with van der Waals surface area (Å²) < 4.78 is 4.94. The van der Waals surface area contributed by atoms with Crippen LogP contribution in [-0.2, 0) is 9.53 Å². The summed E-state index contributed by atoms with van der Waals surface area (Å²) in [6.45, 7) is 1.25. The molecule has 0 spiro atoms. The van der Waals surface area contributed by atoms with E-state index in [1.807, 2.05) is 0 Å². The maximum atomic E-state index is 12.0. The molecule has 0 saturated carbocycles. The minimum absolute atomic E-state index is 0.0673. The van der Waals surface area contributed by atoms with Crippen LogP contribution in [0.5, 0.6) is 0 Å². The fraction of sp³-hybridized carbons (Fsp3) is 0.385. The number of thiophene rings is 1. The van der Waals surface area contributed by atoms with Gasteiger partial charge in [-0.3, -0.25) is 4.79 Å². The van der Waals surface area contributed by atoms with Crippen molar-refractivity contribution in [3.63, 3.8) is 0 Å². The number of hydrogen-bond donors (Lipinski definition) is 1. The molecule has 1 rings (SSSR count). The largest absolute Gasteiger partial charge is 0.478 e. The zero-order valence-corrected chi connectivity index (χ0v) is 11.8. The summed E-state index contributed by atoms with van der Waals surface area (Å²) in [6.07, 6.45) is 3.33. The number of aliphatic carboxylic acids is 1. The van der Waals surface area contributed by atoms with Crippen LogP contribution in [0.15, 0.2) is 17.5 Å². The van der Waals surface area contributed by atoms with Crippen LogP contribution in [-0.4, -0.2) is 49.2 Å². The lowest BCUT2D eigenvalue weighted by atomic mass is 10.2. The van der Waals surface area contributed by atoms with Crippen LogP contribution >= 0.6 is 11.3 Å². The summed E-state index contributed by atoms with van der Waals surface area (Å²) in [5, 5.41) is 10.3. The monoisotopic (exact) mass is 283 g/mol. The second-order valence-electron chi connectivity index (χ2n) is 3.98. The second-order valence-corrected chi connectivity index (χ2v) is 4.93. The van der Waals surface area contributed by atoms with E-state index in [-0.39, 0.29) is 5.91 Å². The molecule has 0 aromatic carbocycles. The quantitative estimate of drug-likeness (QED) is 0.613. The van der Waals surface area contributed by atoms with E-state index in [4.69, 9.17) is 9.84 Å². The average Bonchev–Trinajstić information content (AvgIpc) is 2.84. The predicted octanol–water partition coefficient (Wildman–Crippen LogP) is 1.95. The normalized spacial score (nSPS) is 10.8. The molecule has 1 heterocycles. The van der Waals surface area contributed by atoms with Crippen LogP contribution in [0.4, 0.5) is 0 Å². The van der Waals surface area contributed by atoms with Crippen molar-refractivity contribution in [1.82, 2.24) is 4.90 Å². The van der Waals surface area contributed by atoms with Crippen molar-refractivity contribution in [3.8, 4) is 0 Å². The molecular weight excluding hydrogens is 266 g/mol. The Morgan fingerprint density at radius 2 is 2.26 bits per heavy atom. The highest BCUT2D eigenvalue weighted by Gasteiger charge is 2.12. The van der Waals surface area contributed by atoms with E-state index in [1.165, 1.54) is 17.4 Å². The van der Waals surface area contributed by atoms with E-state index in [2.05, 4.69) is 0 Å².